The predicted molar refractivity (Wildman–Crippen MR) is 104 cm³/mol. The minimum absolute atomic E-state index is 0.0138. The van der Waals surface area contributed by atoms with Crippen LogP contribution in [0, 0.1) is 0 Å². The molecule has 3 N–H and O–H groups in total. The molecule has 4 rings (SSSR count). The summed E-state index contributed by atoms with van der Waals surface area (Å²) in [7, 11) is 0. The van der Waals surface area contributed by atoms with E-state index in [2.05, 4.69) is 25.7 Å². The Kier molecular flexibility index (Phi) is 5.50. The minimum Gasteiger partial charge on any atom is -0.474 e. The number of carbonyl (C=O) groups is 1. The molecule has 31 heavy (non-hydrogen) atoms. The minimum atomic E-state index is -4.78. The summed E-state index contributed by atoms with van der Waals surface area (Å²) in [5, 5.41) is 26.9. The highest BCUT2D eigenvalue weighted by Gasteiger charge is 2.53. The second-order valence-electron chi connectivity index (χ2n) is 8.01. The van der Waals surface area contributed by atoms with Gasteiger partial charge in [-0.1, -0.05) is 0 Å². The predicted octanol–water partition coefficient (Wildman–Crippen LogP) is 2.33. The Balaban J connectivity index is 1.50. The summed E-state index contributed by atoms with van der Waals surface area (Å²) in [6.07, 6.45) is -5.89. The largest absolute Gasteiger partial charge is 0.474 e. The van der Waals surface area contributed by atoms with Gasteiger partial charge < -0.3 is 20.1 Å². The number of carbonyl (C=O) groups excluding carboxylic acids is 1. The lowest BCUT2D eigenvalue weighted by Gasteiger charge is -2.34. The van der Waals surface area contributed by atoms with Crippen LogP contribution in [0.4, 0.5) is 24.8 Å². The normalized spacial score (nSPS) is 22.4. The molecule has 2 aromatic heterocycles. The van der Waals surface area contributed by atoms with Gasteiger partial charge in [0.25, 0.3) is 5.91 Å². The van der Waals surface area contributed by atoms with E-state index in [4.69, 9.17) is 4.74 Å². The molecule has 168 valence electrons. The van der Waals surface area contributed by atoms with Gasteiger partial charge in [-0.05, 0) is 32.8 Å². The van der Waals surface area contributed by atoms with Gasteiger partial charge in [-0.3, -0.25) is 9.89 Å². The average molecular weight is 440 g/mol. The number of hydrogen-bond donors (Lipinski definition) is 3. The number of amides is 1. The van der Waals surface area contributed by atoms with Crippen molar-refractivity contribution in [2.24, 2.45) is 0 Å². The monoisotopic (exact) mass is 440 g/mol. The van der Waals surface area contributed by atoms with Crippen molar-refractivity contribution in [1.29, 1.82) is 0 Å². The number of ether oxygens (including phenoxy) is 1. The molecule has 9 nitrogen and oxygen atoms in total. The van der Waals surface area contributed by atoms with Gasteiger partial charge in [0, 0.05) is 36.3 Å². The van der Waals surface area contributed by atoms with Crippen LogP contribution in [0.3, 0.4) is 0 Å². The van der Waals surface area contributed by atoms with Gasteiger partial charge in [0.2, 0.25) is 5.88 Å². The van der Waals surface area contributed by atoms with Crippen LogP contribution < -0.4 is 15.0 Å². The molecule has 1 fully saturated rings. The van der Waals surface area contributed by atoms with Gasteiger partial charge in [-0.15, -0.1) is 10.2 Å². The van der Waals surface area contributed by atoms with E-state index >= 15 is 0 Å². The quantitative estimate of drug-likeness (QED) is 0.668. The summed E-state index contributed by atoms with van der Waals surface area (Å²) in [5.41, 5.74) is 0.135. The molecule has 2 aliphatic heterocycles. The van der Waals surface area contributed by atoms with Gasteiger partial charge in [0.05, 0.1) is 6.10 Å². The van der Waals surface area contributed by atoms with Crippen LogP contribution in [0.1, 0.15) is 49.8 Å². The van der Waals surface area contributed by atoms with Gasteiger partial charge >= 0.3 is 6.18 Å². The lowest BCUT2D eigenvalue weighted by Crippen LogP contribution is -2.44. The van der Waals surface area contributed by atoms with Crippen LogP contribution in [0.5, 0.6) is 5.88 Å². The zero-order chi connectivity index (χ0) is 22.3. The first-order valence-corrected chi connectivity index (χ1v) is 10.0. The molecule has 0 aromatic carbocycles. The molecular weight excluding hydrogens is 417 g/mol. The van der Waals surface area contributed by atoms with Crippen molar-refractivity contribution in [3.05, 3.63) is 23.4 Å². The third-order valence-electron chi connectivity index (χ3n) is 5.53. The summed E-state index contributed by atoms with van der Waals surface area (Å²) in [5.74, 6) is -2.71. The topological polar surface area (TPSA) is 116 Å². The summed E-state index contributed by atoms with van der Waals surface area (Å²) in [6.45, 7) is 4.90. The van der Waals surface area contributed by atoms with Crippen molar-refractivity contribution in [3.8, 4) is 5.88 Å². The number of aliphatic hydroxyl groups excluding tert-OH is 1. The van der Waals surface area contributed by atoms with E-state index in [1.165, 1.54) is 0 Å². The molecule has 0 saturated carbocycles. The molecule has 2 aliphatic rings. The number of fused-ring (bicyclic) bond motifs is 1. The zero-order valence-corrected chi connectivity index (χ0v) is 17.0. The van der Waals surface area contributed by atoms with Gasteiger partial charge in [-0.2, -0.15) is 18.3 Å². The lowest BCUT2D eigenvalue weighted by atomic mass is 9.83. The fourth-order valence-electron chi connectivity index (χ4n) is 4.11. The molecule has 0 bridgehead atoms. The number of aromatic nitrogens is 4. The third kappa shape index (κ3) is 4.16. The Morgan fingerprint density at radius 3 is 2.52 bits per heavy atom. The van der Waals surface area contributed by atoms with Crippen molar-refractivity contribution in [3.63, 3.8) is 0 Å². The van der Waals surface area contributed by atoms with Crippen LogP contribution >= 0.6 is 0 Å². The summed E-state index contributed by atoms with van der Waals surface area (Å²) >= 11 is 0. The number of H-pyrrole nitrogens is 1. The van der Waals surface area contributed by atoms with Crippen molar-refractivity contribution >= 4 is 17.5 Å². The Morgan fingerprint density at radius 2 is 1.94 bits per heavy atom. The Labute approximate surface area is 176 Å². The van der Waals surface area contributed by atoms with Gasteiger partial charge in [0.1, 0.15) is 12.0 Å². The number of nitrogens with one attached hydrogen (secondary N) is 2. The highest BCUT2D eigenvalue weighted by molar-refractivity contribution is 5.97. The second kappa shape index (κ2) is 7.98. The first-order chi connectivity index (χ1) is 14.6. The molecule has 1 amide bonds. The van der Waals surface area contributed by atoms with E-state index in [1.807, 2.05) is 18.7 Å². The van der Waals surface area contributed by atoms with Crippen LogP contribution in [0.25, 0.3) is 0 Å². The van der Waals surface area contributed by atoms with Gasteiger partial charge in [0.15, 0.2) is 11.6 Å². The smallest absolute Gasteiger partial charge is 0.398 e. The molecule has 12 heteroatoms. The van der Waals surface area contributed by atoms with E-state index in [0.29, 0.717) is 43.3 Å². The fourth-order valence-corrected chi connectivity index (χ4v) is 4.11. The van der Waals surface area contributed by atoms with Gasteiger partial charge in [-0.25, -0.2) is 0 Å². The molecule has 2 atom stereocenters. The Bertz CT molecular complexity index is 938. The molecule has 4 heterocycles. The van der Waals surface area contributed by atoms with E-state index in [-0.39, 0.29) is 23.4 Å². The molecule has 0 aliphatic carbocycles. The maximum absolute atomic E-state index is 13.6. The van der Waals surface area contributed by atoms with Crippen LogP contribution in [0.15, 0.2) is 12.1 Å². The average Bonchev–Trinajstić information content (AvgIpc) is 3.11. The number of hydrogen-bond acceptors (Lipinski definition) is 7. The standard InChI is InChI=1S/C19H23F3N6O3/c1-9(2)31-12-4-3-11(24-25-12)28-7-5-10(6-8-28)15-13-14(19(20,21)22)16(29)18(30)23-17(13)27-26-15/h3-4,9-10,14,16,29H,5-8H2,1-2H3,(H2,23,26,27,30)/t14-,16-/m0/s1. The number of alkyl halides is 3. The van der Waals surface area contributed by atoms with Crippen molar-refractivity contribution < 1.29 is 27.8 Å². The van der Waals surface area contributed by atoms with Crippen molar-refractivity contribution in [1.82, 2.24) is 20.4 Å². The first kappa shape index (κ1) is 21.3. The summed E-state index contributed by atoms with van der Waals surface area (Å²) in [6, 6.07) is 3.53. The zero-order valence-electron chi connectivity index (χ0n) is 17.0. The van der Waals surface area contributed by atoms with Crippen molar-refractivity contribution in [2.75, 3.05) is 23.3 Å². The molecular formula is C19H23F3N6O3. The number of anilines is 2. The maximum atomic E-state index is 13.6. The molecule has 0 unspecified atom stereocenters. The van der Waals surface area contributed by atoms with Crippen LogP contribution in [0.2, 0.25) is 0 Å². The fraction of sp³-hybridized carbons (Fsp3) is 0.579. The van der Waals surface area contributed by atoms with E-state index in [9.17, 15) is 23.1 Å². The Morgan fingerprint density at radius 1 is 1.23 bits per heavy atom. The van der Waals surface area contributed by atoms with E-state index < -0.39 is 24.1 Å². The number of aromatic amines is 1. The Hall–Kier alpha value is -2.89. The van der Waals surface area contributed by atoms with E-state index in [0.717, 1.165) is 0 Å². The maximum Gasteiger partial charge on any atom is 0.398 e. The number of aliphatic hydroxyl groups is 1. The number of nitrogens with zero attached hydrogens (tertiary/aromatic N) is 4. The number of piperidine rings is 1. The highest BCUT2D eigenvalue weighted by atomic mass is 19.4. The first-order valence-electron chi connectivity index (χ1n) is 10.0. The van der Waals surface area contributed by atoms with Crippen LogP contribution in [-0.4, -0.2) is 62.9 Å². The SMILES string of the molecule is CC(C)Oc1ccc(N2CCC(c3[nH]nc4c3[C@H](C(F)(F)F)[C@H](O)C(=O)N4)CC2)nn1. The third-order valence-corrected chi connectivity index (χ3v) is 5.53. The summed E-state index contributed by atoms with van der Waals surface area (Å²) < 4.78 is 46.4. The number of halogens is 3. The molecule has 1 saturated heterocycles. The summed E-state index contributed by atoms with van der Waals surface area (Å²) in [4.78, 5) is 13.7. The molecule has 0 radical (unpaired) electrons. The molecule has 2 aromatic rings. The second-order valence-corrected chi connectivity index (χ2v) is 8.01. The van der Waals surface area contributed by atoms with Crippen molar-refractivity contribution in [2.45, 2.75) is 56.9 Å². The number of rotatable bonds is 4. The molecule has 0 spiro atoms. The highest BCUT2D eigenvalue weighted by Crippen LogP contribution is 2.47. The van der Waals surface area contributed by atoms with E-state index in [1.54, 1.807) is 12.1 Å². The van der Waals surface area contributed by atoms with Crippen LogP contribution in [-0.2, 0) is 4.79 Å². The lowest BCUT2D eigenvalue weighted by molar-refractivity contribution is -0.177.